The normalized spacial score (nSPS) is 11.7. The van der Waals surface area contributed by atoms with E-state index in [1.165, 1.54) is 0 Å². The fourth-order valence-electron chi connectivity index (χ4n) is 3.08. The molecular weight excluding hydrogens is 421 g/mol. The van der Waals surface area contributed by atoms with E-state index in [0.717, 1.165) is 16.8 Å². The maximum atomic E-state index is 12.7. The van der Waals surface area contributed by atoms with Crippen molar-refractivity contribution in [2.75, 3.05) is 5.32 Å². The van der Waals surface area contributed by atoms with Crippen LogP contribution in [0.15, 0.2) is 91.5 Å². The van der Waals surface area contributed by atoms with Crippen LogP contribution in [0.1, 0.15) is 17.2 Å². The zero-order valence-corrected chi connectivity index (χ0v) is 17.2. The second-order valence-electron chi connectivity index (χ2n) is 6.50. The summed E-state index contributed by atoms with van der Waals surface area (Å²) in [5, 5.41) is 3.93. The molecule has 30 heavy (non-hydrogen) atoms. The summed E-state index contributed by atoms with van der Waals surface area (Å²) >= 11 is 12.0. The predicted octanol–water partition coefficient (Wildman–Crippen LogP) is 6.52. The first-order chi connectivity index (χ1) is 14.6. The third-order valence-corrected chi connectivity index (χ3v) is 4.99. The number of imidazole rings is 1. The van der Waals surface area contributed by atoms with E-state index in [4.69, 9.17) is 27.9 Å². The third-order valence-electron chi connectivity index (χ3n) is 4.49. The lowest BCUT2D eigenvalue weighted by Crippen LogP contribution is -2.19. The van der Waals surface area contributed by atoms with E-state index < -0.39 is 12.2 Å². The number of nitrogens with zero attached hydrogens (tertiary/aromatic N) is 2. The quantitative estimate of drug-likeness (QED) is 0.386. The summed E-state index contributed by atoms with van der Waals surface area (Å²) in [4.78, 5) is 16.8. The number of carbonyl (C=O) groups is 1. The monoisotopic (exact) mass is 437 g/mol. The summed E-state index contributed by atoms with van der Waals surface area (Å²) in [5.74, 6) is 0. The third kappa shape index (κ3) is 4.64. The molecule has 1 amide bonds. The van der Waals surface area contributed by atoms with Gasteiger partial charge in [0, 0.05) is 33.7 Å². The van der Waals surface area contributed by atoms with Crippen molar-refractivity contribution in [2.24, 2.45) is 0 Å². The van der Waals surface area contributed by atoms with Gasteiger partial charge in [0.05, 0.1) is 12.0 Å². The van der Waals surface area contributed by atoms with Crippen LogP contribution in [-0.4, -0.2) is 15.6 Å². The molecule has 1 N–H and O–H groups in total. The highest BCUT2D eigenvalue weighted by molar-refractivity contribution is 6.30. The van der Waals surface area contributed by atoms with Gasteiger partial charge >= 0.3 is 6.09 Å². The van der Waals surface area contributed by atoms with Gasteiger partial charge < -0.3 is 9.30 Å². The second-order valence-corrected chi connectivity index (χ2v) is 7.37. The molecule has 150 valence electrons. The molecule has 0 aliphatic heterocycles. The number of nitrogens with one attached hydrogen (secondary N) is 1. The second kappa shape index (κ2) is 9.03. The molecule has 1 unspecified atom stereocenters. The number of para-hydroxylation sites is 1. The summed E-state index contributed by atoms with van der Waals surface area (Å²) in [6.07, 6.45) is 3.99. The standard InChI is InChI=1S/C23H17Cl2N3O2/c24-17-7-5-16(6-8-17)22(30-23(29)27-19-11-9-18(25)10-12-19)20-3-1-2-4-21(20)28-14-13-26-15-28/h1-15,22H,(H,27,29). The number of halogens is 2. The smallest absolute Gasteiger partial charge is 0.412 e. The number of carbonyl (C=O) groups excluding carboxylic acids is 1. The molecule has 1 heterocycles. The van der Waals surface area contributed by atoms with Crippen molar-refractivity contribution in [2.45, 2.75) is 6.10 Å². The molecule has 0 spiro atoms. The highest BCUT2D eigenvalue weighted by Crippen LogP contribution is 2.32. The molecule has 0 fully saturated rings. The molecular formula is C23H17Cl2N3O2. The van der Waals surface area contributed by atoms with Crippen LogP contribution >= 0.6 is 23.2 Å². The van der Waals surface area contributed by atoms with Crippen LogP contribution in [-0.2, 0) is 4.74 Å². The Morgan fingerprint density at radius 2 is 1.60 bits per heavy atom. The van der Waals surface area contributed by atoms with Crippen LogP contribution in [0.25, 0.3) is 5.69 Å². The maximum absolute atomic E-state index is 12.7. The minimum Gasteiger partial charge on any atom is -0.436 e. The molecule has 4 rings (SSSR count). The van der Waals surface area contributed by atoms with Crippen molar-refractivity contribution >= 4 is 35.0 Å². The Kier molecular flexibility index (Phi) is 6.02. The van der Waals surface area contributed by atoms with Crippen LogP contribution in [0, 0.1) is 0 Å². The topological polar surface area (TPSA) is 56.1 Å². The minimum atomic E-state index is -0.659. The number of anilines is 1. The molecule has 0 saturated carbocycles. The minimum absolute atomic E-state index is 0.585. The molecule has 1 atom stereocenters. The number of amides is 1. The summed E-state index contributed by atoms with van der Waals surface area (Å²) in [6, 6.07) is 21.7. The average molecular weight is 438 g/mol. The van der Waals surface area contributed by atoms with Crippen LogP contribution in [0.4, 0.5) is 10.5 Å². The fraction of sp³-hybridized carbons (Fsp3) is 0.0435. The van der Waals surface area contributed by atoms with Crippen molar-refractivity contribution in [1.29, 1.82) is 0 Å². The van der Waals surface area contributed by atoms with Crippen molar-refractivity contribution in [3.63, 3.8) is 0 Å². The number of hydrogen-bond acceptors (Lipinski definition) is 3. The zero-order chi connectivity index (χ0) is 20.9. The largest absolute Gasteiger partial charge is 0.436 e. The molecule has 0 aliphatic rings. The van der Waals surface area contributed by atoms with Gasteiger partial charge in [-0.3, -0.25) is 5.32 Å². The first-order valence-electron chi connectivity index (χ1n) is 9.16. The Labute approximate surface area is 183 Å². The first kappa shape index (κ1) is 20.0. The van der Waals surface area contributed by atoms with E-state index in [1.807, 2.05) is 47.2 Å². The van der Waals surface area contributed by atoms with E-state index in [0.29, 0.717) is 15.7 Å². The van der Waals surface area contributed by atoms with Crippen LogP contribution in [0.2, 0.25) is 10.0 Å². The number of benzene rings is 3. The van der Waals surface area contributed by atoms with E-state index in [2.05, 4.69) is 10.3 Å². The van der Waals surface area contributed by atoms with Crippen LogP contribution in [0.3, 0.4) is 0 Å². The number of rotatable bonds is 5. The average Bonchev–Trinajstić information content (AvgIpc) is 3.29. The summed E-state index contributed by atoms with van der Waals surface area (Å²) < 4.78 is 7.75. The Bertz CT molecular complexity index is 1130. The van der Waals surface area contributed by atoms with E-state index in [-0.39, 0.29) is 0 Å². The first-order valence-corrected chi connectivity index (χ1v) is 9.92. The zero-order valence-electron chi connectivity index (χ0n) is 15.7. The Hall–Kier alpha value is -3.28. The fourth-order valence-corrected chi connectivity index (χ4v) is 3.33. The summed E-state index contributed by atoms with van der Waals surface area (Å²) in [5.41, 5.74) is 3.04. The van der Waals surface area contributed by atoms with Gasteiger partial charge in [-0.25, -0.2) is 9.78 Å². The molecule has 0 aliphatic carbocycles. The molecule has 7 heteroatoms. The Morgan fingerprint density at radius 3 is 2.27 bits per heavy atom. The number of hydrogen-bond donors (Lipinski definition) is 1. The van der Waals surface area contributed by atoms with Gasteiger partial charge in [0.25, 0.3) is 0 Å². The van der Waals surface area contributed by atoms with Crippen molar-refractivity contribution < 1.29 is 9.53 Å². The van der Waals surface area contributed by atoms with Gasteiger partial charge in [-0.2, -0.15) is 0 Å². The molecule has 1 aromatic heterocycles. The van der Waals surface area contributed by atoms with E-state index in [1.54, 1.807) is 48.9 Å². The van der Waals surface area contributed by atoms with Gasteiger partial charge in [-0.1, -0.05) is 53.5 Å². The van der Waals surface area contributed by atoms with Gasteiger partial charge in [-0.05, 0) is 48.0 Å². The molecule has 5 nitrogen and oxygen atoms in total. The van der Waals surface area contributed by atoms with Gasteiger partial charge in [0.15, 0.2) is 6.10 Å². The molecule has 0 bridgehead atoms. The van der Waals surface area contributed by atoms with Crippen LogP contribution < -0.4 is 5.32 Å². The molecule has 4 aromatic rings. The lowest BCUT2D eigenvalue weighted by molar-refractivity contribution is 0.131. The maximum Gasteiger partial charge on any atom is 0.412 e. The number of aromatic nitrogens is 2. The van der Waals surface area contributed by atoms with Crippen molar-refractivity contribution in [3.8, 4) is 5.69 Å². The number of ether oxygens (including phenoxy) is 1. The van der Waals surface area contributed by atoms with Gasteiger partial charge in [-0.15, -0.1) is 0 Å². The summed E-state index contributed by atoms with van der Waals surface area (Å²) in [6.45, 7) is 0. The summed E-state index contributed by atoms with van der Waals surface area (Å²) in [7, 11) is 0. The van der Waals surface area contributed by atoms with Crippen molar-refractivity contribution in [3.05, 3.63) is 113 Å². The Morgan fingerprint density at radius 1 is 0.933 bits per heavy atom. The van der Waals surface area contributed by atoms with Gasteiger partial charge in [0.2, 0.25) is 0 Å². The van der Waals surface area contributed by atoms with E-state index >= 15 is 0 Å². The SMILES string of the molecule is O=C(Nc1ccc(Cl)cc1)OC(c1ccc(Cl)cc1)c1ccccc1-n1ccnc1. The molecule has 0 saturated heterocycles. The Balaban J connectivity index is 1.68. The van der Waals surface area contributed by atoms with Gasteiger partial charge in [0.1, 0.15) is 0 Å². The lowest BCUT2D eigenvalue weighted by atomic mass is 9.99. The highest BCUT2D eigenvalue weighted by Gasteiger charge is 2.23. The van der Waals surface area contributed by atoms with Crippen LogP contribution in [0.5, 0.6) is 0 Å². The van der Waals surface area contributed by atoms with Crippen molar-refractivity contribution in [1.82, 2.24) is 9.55 Å². The molecule has 3 aromatic carbocycles. The predicted molar refractivity (Wildman–Crippen MR) is 118 cm³/mol. The lowest BCUT2D eigenvalue weighted by Gasteiger charge is -2.22. The highest BCUT2D eigenvalue weighted by atomic mass is 35.5. The van der Waals surface area contributed by atoms with E-state index in [9.17, 15) is 4.79 Å². The molecule has 0 radical (unpaired) electrons.